The molecule has 0 radical (unpaired) electrons. The maximum absolute atomic E-state index is 12.7. The number of fused-ring (bicyclic) bond motifs is 8. The molecule has 0 fully saturated rings. The molecule has 1 aliphatic rings. The van der Waals surface area contributed by atoms with Gasteiger partial charge in [-0.15, -0.1) is 0 Å². The molecule has 1 aliphatic carbocycles. The summed E-state index contributed by atoms with van der Waals surface area (Å²) in [7, 11) is 0. The Hall–Kier alpha value is -4.25. The molecule has 51 heavy (non-hydrogen) atoms. The van der Waals surface area contributed by atoms with Crippen LogP contribution in [0.15, 0.2) is 48.5 Å². The highest BCUT2D eigenvalue weighted by atomic mass is 16.5. The molecule has 0 aromatic heterocycles. The van der Waals surface area contributed by atoms with Gasteiger partial charge in [0.15, 0.2) is 0 Å². The zero-order valence-corrected chi connectivity index (χ0v) is 33.1. The van der Waals surface area contributed by atoms with E-state index in [4.69, 9.17) is 4.74 Å². The van der Waals surface area contributed by atoms with Gasteiger partial charge in [-0.05, 0) is 77.3 Å². The number of rotatable bonds is 1. The second-order valence-corrected chi connectivity index (χ2v) is 18.9. The number of benzene rings is 4. The van der Waals surface area contributed by atoms with Crippen LogP contribution in [0.4, 0.5) is 0 Å². The van der Waals surface area contributed by atoms with Gasteiger partial charge in [-0.25, -0.2) is 0 Å². The Kier molecular flexibility index (Phi) is 9.73. The standard InChI is InChI=1S/C46H58O5/c1-26(47)51-42-33-16-31-22-36(44(5,6)7)20-29(40(31)49)14-27-18-35(43(2,3)4)19-28(39(27)48)15-30-21-37(45(8,9)10)23-32(41(30)50)17-34(42)25-38(24-33)46(11,12)13/h18-25,48-50H,14-17H2,1-13H3. The van der Waals surface area contributed by atoms with Crippen molar-refractivity contribution in [3.63, 3.8) is 0 Å². The average molecular weight is 691 g/mol. The zero-order valence-electron chi connectivity index (χ0n) is 33.1. The summed E-state index contributed by atoms with van der Waals surface area (Å²) < 4.78 is 6.07. The van der Waals surface area contributed by atoms with Crippen LogP contribution >= 0.6 is 0 Å². The number of phenolic OH excluding ortho intramolecular Hbond substituents is 3. The van der Waals surface area contributed by atoms with Crippen molar-refractivity contribution < 1.29 is 24.9 Å². The Labute approximate surface area is 305 Å². The molecule has 8 bridgehead atoms. The lowest BCUT2D eigenvalue weighted by Gasteiger charge is -2.27. The molecule has 3 N–H and O–H groups in total. The van der Waals surface area contributed by atoms with Crippen molar-refractivity contribution in [2.75, 3.05) is 0 Å². The highest BCUT2D eigenvalue weighted by Gasteiger charge is 2.28. The summed E-state index contributed by atoms with van der Waals surface area (Å²) in [4.78, 5) is 12.7. The minimum atomic E-state index is -0.430. The van der Waals surface area contributed by atoms with Gasteiger partial charge in [0.2, 0.25) is 0 Å². The highest BCUT2D eigenvalue weighted by molar-refractivity contribution is 5.71. The number of esters is 1. The molecular formula is C46H58O5. The molecule has 0 saturated carbocycles. The molecule has 0 spiro atoms. The van der Waals surface area contributed by atoms with E-state index in [1.165, 1.54) is 6.92 Å². The summed E-state index contributed by atoms with van der Waals surface area (Å²) in [5.74, 6) is 0.555. The summed E-state index contributed by atoms with van der Waals surface area (Å²) >= 11 is 0. The smallest absolute Gasteiger partial charge is 0.308 e. The fourth-order valence-electron chi connectivity index (χ4n) is 6.93. The van der Waals surface area contributed by atoms with Crippen LogP contribution in [0.2, 0.25) is 0 Å². The van der Waals surface area contributed by atoms with Crippen molar-refractivity contribution in [2.24, 2.45) is 0 Å². The number of carbonyl (C=O) groups excluding carboxylic acids is 1. The summed E-state index contributed by atoms with van der Waals surface area (Å²) in [6.45, 7) is 27.3. The van der Waals surface area contributed by atoms with Crippen molar-refractivity contribution in [3.8, 4) is 23.0 Å². The lowest BCUT2D eigenvalue weighted by atomic mass is 9.79. The first-order valence-electron chi connectivity index (χ1n) is 18.2. The lowest BCUT2D eigenvalue weighted by Crippen LogP contribution is -2.16. The largest absolute Gasteiger partial charge is 0.507 e. The summed E-state index contributed by atoms with van der Waals surface area (Å²) in [5.41, 5.74) is 9.30. The molecule has 5 heteroatoms. The Morgan fingerprint density at radius 3 is 0.824 bits per heavy atom. The first-order chi connectivity index (χ1) is 23.3. The van der Waals surface area contributed by atoms with Crippen LogP contribution in [-0.4, -0.2) is 21.3 Å². The summed E-state index contributed by atoms with van der Waals surface area (Å²) in [6, 6.07) is 16.5. The second kappa shape index (κ2) is 13.1. The quantitative estimate of drug-likeness (QED) is 0.120. The van der Waals surface area contributed by atoms with E-state index in [1.54, 1.807) is 0 Å². The van der Waals surface area contributed by atoms with E-state index in [0.29, 0.717) is 31.4 Å². The lowest BCUT2D eigenvalue weighted by molar-refractivity contribution is -0.132. The third-order valence-corrected chi connectivity index (χ3v) is 10.3. The predicted octanol–water partition coefficient (Wildman–Crippen LogP) is 10.6. The van der Waals surface area contributed by atoms with Crippen molar-refractivity contribution in [2.45, 2.75) is 137 Å². The molecule has 0 unspecified atom stereocenters. The van der Waals surface area contributed by atoms with Crippen LogP contribution in [0.5, 0.6) is 23.0 Å². The Bertz CT molecular complexity index is 1880. The SMILES string of the molecule is CC(=O)Oc1c2cc(C(C)(C)C)cc1Cc1cc(C(C)(C)C)cc(c1O)Cc1cc(C(C)(C)C)cc(c1O)Cc1cc(C(C)(C)C)cc(c1O)C2. The molecule has 5 rings (SSSR count). The van der Waals surface area contributed by atoms with Crippen molar-refractivity contribution in [1.29, 1.82) is 0 Å². The van der Waals surface area contributed by atoms with Gasteiger partial charge >= 0.3 is 5.97 Å². The third-order valence-electron chi connectivity index (χ3n) is 10.3. The Morgan fingerprint density at radius 1 is 0.431 bits per heavy atom. The highest BCUT2D eigenvalue weighted by Crippen LogP contribution is 2.43. The maximum Gasteiger partial charge on any atom is 0.308 e. The van der Waals surface area contributed by atoms with E-state index < -0.39 is 5.97 Å². The van der Waals surface area contributed by atoms with Gasteiger partial charge in [-0.3, -0.25) is 4.79 Å². The van der Waals surface area contributed by atoms with Gasteiger partial charge in [0.1, 0.15) is 23.0 Å². The monoisotopic (exact) mass is 690 g/mol. The molecular weight excluding hydrogens is 633 g/mol. The number of phenols is 3. The van der Waals surface area contributed by atoms with E-state index >= 15 is 0 Å². The Morgan fingerprint density at radius 2 is 0.627 bits per heavy atom. The van der Waals surface area contributed by atoms with E-state index in [0.717, 1.165) is 66.8 Å². The molecule has 4 aromatic rings. The zero-order chi connectivity index (χ0) is 38.0. The molecule has 0 aliphatic heterocycles. The van der Waals surface area contributed by atoms with Gasteiger partial charge in [0.05, 0.1) is 0 Å². The number of carbonyl (C=O) groups is 1. The number of ether oxygens (including phenoxy) is 1. The number of aromatic hydroxyl groups is 3. The second-order valence-electron chi connectivity index (χ2n) is 18.9. The Balaban J connectivity index is 1.93. The average Bonchev–Trinajstić information content (AvgIpc) is 2.97. The van der Waals surface area contributed by atoms with Crippen LogP contribution in [0.3, 0.4) is 0 Å². The van der Waals surface area contributed by atoms with E-state index in [9.17, 15) is 20.1 Å². The third kappa shape index (κ3) is 8.14. The van der Waals surface area contributed by atoms with Gasteiger partial charge in [0.25, 0.3) is 0 Å². The minimum Gasteiger partial charge on any atom is -0.507 e. The first kappa shape index (κ1) is 38.0. The number of hydrogen-bond acceptors (Lipinski definition) is 5. The molecule has 5 nitrogen and oxygen atoms in total. The van der Waals surface area contributed by atoms with Crippen LogP contribution in [0.1, 0.15) is 157 Å². The van der Waals surface area contributed by atoms with E-state index in [1.807, 2.05) is 0 Å². The van der Waals surface area contributed by atoms with Crippen molar-refractivity contribution in [3.05, 3.63) is 115 Å². The molecule has 272 valence electrons. The van der Waals surface area contributed by atoms with Gasteiger partial charge in [-0.2, -0.15) is 0 Å². The molecule has 0 heterocycles. The van der Waals surface area contributed by atoms with Crippen molar-refractivity contribution >= 4 is 5.97 Å². The van der Waals surface area contributed by atoms with Gasteiger partial charge in [-0.1, -0.05) is 132 Å². The minimum absolute atomic E-state index is 0.173. The predicted molar refractivity (Wildman–Crippen MR) is 208 cm³/mol. The first-order valence-corrected chi connectivity index (χ1v) is 18.2. The summed E-state index contributed by atoms with van der Waals surface area (Å²) in [5, 5.41) is 36.1. The fraction of sp³-hybridized carbons (Fsp3) is 0.457. The van der Waals surface area contributed by atoms with E-state index in [2.05, 4.69) is 132 Å². The topological polar surface area (TPSA) is 87.0 Å². The normalized spacial score (nSPS) is 14.0. The van der Waals surface area contributed by atoms with Crippen LogP contribution < -0.4 is 4.74 Å². The molecule has 0 atom stereocenters. The van der Waals surface area contributed by atoms with Crippen LogP contribution in [0, 0.1) is 0 Å². The fourth-order valence-corrected chi connectivity index (χ4v) is 6.93. The summed E-state index contributed by atoms with van der Waals surface area (Å²) in [6.07, 6.45) is 1.27. The molecule has 0 amide bonds. The van der Waals surface area contributed by atoms with Crippen LogP contribution in [0.25, 0.3) is 0 Å². The van der Waals surface area contributed by atoms with Gasteiger partial charge < -0.3 is 20.1 Å². The molecule has 4 aromatic carbocycles. The van der Waals surface area contributed by atoms with E-state index in [-0.39, 0.29) is 38.9 Å². The molecule has 0 saturated heterocycles. The van der Waals surface area contributed by atoms with Gasteiger partial charge in [0, 0.05) is 43.7 Å². The van der Waals surface area contributed by atoms with Crippen LogP contribution in [-0.2, 0) is 52.1 Å². The number of hydrogen-bond donors (Lipinski definition) is 3. The maximum atomic E-state index is 12.7. The van der Waals surface area contributed by atoms with Crippen molar-refractivity contribution in [1.82, 2.24) is 0 Å².